The van der Waals surface area contributed by atoms with Gasteiger partial charge < -0.3 is 9.13 Å². The van der Waals surface area contributed by atoms with E-state index < -0.39 is 0 Å². The lowest BCUT2D eigenvalue weighted by Gasteiger charge is -2.10. The van der Waals surface area contributed by atoms with E-state index in [9.17, 15) is 8.22 Å². The van der Waals surface area contributed by atoms with E-state index in [1.54, 1.807) is 0 Å². The van der Waals surface area contributed by atoms with Crippen LogP contribution in [0.5, 0.6) is 0 Å². The van der Waals surface area contributed by atoms with Crippen molar-refractivity contribution in [3.05, 3.63) is 218 Å². The fraction of sp³-hybridized carbons (Fsp3) is 0. The molecule has 2 heteroatoms. The first-order chi connectivity index (χ1) is 30.3. The third-order valence-corrected chi connectivity index (χ3v) is 10.8. The van der Waals surface area contributed by atoms with E-state index in [0.717, 1.165) is 66.6 Å². The van der Waals surface area contributed by atoms with Gasteiger partial charge in [0.1, 0.15) is 0 Å². The van der Waals surface area contributed by atoms with E-state index >= 15 is 0 Å². The van der Waals surface area contributed by atoms with Gasteiger partial charge in [-0.1, -0.05) is 152 Å². The minimum atomic E-state index is -0.268. The SMILES string of the molecule is [2H]c1c(-c2c([2H])c([2H])c3c(c2[2H])c2c(-c4cccc(-c5ccccc5)c4)cccc2n3-c2ccccc2)c([2H])c2c3ccccc3n(-c3ccc(-c4ccccc4)cc3)c2c1[2H]. The summed E-state index contributed by atoms with van der Waals surface area (Å²) in [5.41, 5.74) is 9.91. The van der Waals surface area contributed by atoms with E-state index in [2.05, 4.69) is 36.4 Å². The van der Waals surface area contributed by atoms with Crippen LogP contribution in [0.1, 0.15) is 8.22 Å². The topological polar surface area (TPSA) is 9.86 Å². The molecule has 0 saturated heterocycles. The number of hydrogen-bond acceptors (Lipinski definition) is 0. The summed E-state index contributed by atoms with van der Waals surface area (Å²) in [6.45, 7) is 0. The fourth-order valence-electron chi connectivity index (χ4n) is 8.16. The zero-order valence-corrected chi connectivity index (χ0v) is 30.2. The summed E-state index contributed by atoms with van der Waals surface area (Å²) in [5, 5.41) is 2.37. The average molecular weight is 719 g/mol. The molecule has 0 aliphatic carbocycles. The number of aromatic nitrogens is 2. The maximum Gasteiger partial charge on any atom is 0.0645 e. The first-order valence-electron chi connectivity index (χ1n) is 21.8. The second kappa shape index (κ2) is 13.2. The van der Waals surface area contributed by atoms with Crippen molar-refractivity contribution in [2.75, 3.05) is 0 Å². The van der Waals surface area contributed by atoms with Gasteiger partial charge in [-0.2, -0.15) is 0 Å². The molecular formula is C54H36N2. The molecule has 0 atom stereocenters. The van der Waals surface area contributed by atoms with Crippen LogP contribution in [0.2, 0.25) is 0 Å². The lowest BCUT2D eigenvalue weighted by atomic mass is 9.95. The molecule has 0 radical (unpaired) electrons. The van der Waals surface area contributed by atoms with Gasteiger partial charge in [0.05, 0.1) is 30.3 Å². The highest BCUT2D eigenvalue weighted by Crippen LogP contribution is 2.42. The maximum atomic E-state index is 10.1. The van der Waals surface area contributed by atoms with Crippen molar-refractivity contribution in [3.8, 4) is 55.9 Å². The Labute approximate surface area is 334 Å². The Bertz CT molecular complexity index is 3560. The first kappa shape index (κ1) is 26.4. The predicted octanol–water partition coefficient (Wildman–Crippen LogP) is 14.5. The predicted molar refractivity (Wildman–Crippen MR) is 237 cm³/mol. The molecule has 0 N–H and O–H groups in total. The molecule has 0 aliphatic heterocycles. The van der Waals surface area contributed by atoms with E-state index in [1.165, 1.54) is 0 Å². The molecule has 2 nitrogen and oxygen atoms in total. The average Bonchev–Trinajstić information content (AvgIpc) is 3.87. The molecular weight excluding hydrogens is 677 g/mol. The largest absolute Gasteiger partial charge is 0.309 e. The molecule has 0 aliphatic rings. The third kappa shape index (κ3) is 5.26. The van der Waals surface area contributed by atoms with E-state index in [1.807, 2.05) is 155 Å². The normalized spacial score (nSPS) is 13.1. The molecule has 0 bridgehead atoms. The zero-order chi connectivity index (χ0) is 42.2. The second-order valence-corrected chi connectivity index (χ2v) is 14.0. The van der Waals surface area contributed by atoms with Crippen LogP contribution in [0, 0.1) is 0 Å². The highest BCUT2D eigenvalue weighted by Gasteiger charge is 2.19. The van der Waals surface area contributed by atoms with Crippen molar-refractivity contribution in [2.24, 2.45) is 0 Å². The van der Waals surface area contributed by atoms with Gasteiger partial charge in [0, 0.05) is 32.9 Å². The zero-order valence-electron chi connectivity index (χ0n) is 36.2. The Balaban J connectivity index is 1.21. The Morgan fingerprint density at radius 3 is 1.54 bits per heavy atom. The summed E-state index contributed by atoms with van der Waals surface area (Å²) in [6, 6.07) is 59.1. The van der Waals surface area contributed by atoms with Gasteiger partial charge in [-0.05, 0) is 111 Å². The van der Waals surface area contributed by atoms with E-state index in [4.69, 9.17) is 0 Å². The van der Waals surface area contributed by atoms with Crippen molar-refractivity contribution in [1.82, 2.24) is 9.13 Å². The summed E-state index contributed by atoms with van der Waals surface area (Å²) in [4.78, 5) is 0. The Morgan fingerprint density at radius 2 is 0.804 bits per heavy atom. The summed E-state index contributed by atoms with van der Waals surface area (Å²) in [6.07, 6.45) is 0. The van der Waals surface area contributed by atoms with Crippen LogP contribution in [0.15, 0.2) is 218 Å². The Morgan fingerprint density at radius 1 is 0.304 bits per heavy atom. The highest BCUT2D eigenvalue weighted by atomic mass is 15.0. The van der Waals surface area contributed by atoms with Crippen LogP contribution in [0.4, 0.5) is 0 Å². The molecule has 0 unspecified atom stereocenters. The summed E-state index contributed by atoms with van der Waals surface area (Å²) < 4.78 is 62.6. The van der Waals surface area contributed by atoms with Crippen LogP contribution in [-0.4, -0.2) is 9.13 Å². The van der Waals surface area contributed by atoms with E-state index in [-0.39, 0.29) is 47.4 Å². The van der Waals surface area contributed by atoms with Gasteiger partial charge >= 0.3 is 0 Å². The molecule has 2 aromatic heterocycles. The quantitative estimate of drug-likeness (QED) is 0.162. The molecule has 9 aromatic carbocycles. The number of rotatable bonds is 6. The summed E-state index contributed by atoms with van der Waals surface area (Å²) >= 11 is 0. The van der Waals surface area contributed by atoms with Gasteiger partial charge in [-0.3, -0.25) is 0 Å². The lowest BCUT2D eigenvalue weighted by molar-refractivity contribution is 1.18. The van der Waals surface area contributed by atoms with Gasteiger partial charge in [-0.15, -0.1) is 0 Å². The highest BCUT2D eigenvalue weighted by molar-refractivity contribution is 6.17. The summed E-state index contributed by atoms with van der Waals surface area (Å²) in [7, 11) is 0. The molecule has 0 fully saturated rings. The van der Waals surface area contributed by atoms with Gasteiger partial charge in [0.15, 0.2) is 0 Å². The first-order valence-corrected chi connectivity index (χ1v) is 18.8. The van der Waals surface area contributed by atoms with Crippen molar-refractivity contribution in [2.45, 2.75) is 0 Å². The van der Waals surface area contributed by atoms with Crippen LogP contribution in [0.25, 0.3) is 99.5 Å². The fourth-order valence-corrected chi connectivity index (χ4v) is 8.16. The Hall–Kier alpha value is -7.42. The number of fused-ring (bicyclic) bond motifs is 6. The van der Waals surface area contributed by atoms with Crippen LogP contribution < -0.4 is 0 Å². The molecule has 2 heterocycles. The summed E-state index contributed by atoms with van der Waals surface area (Å²) in [5.74, 6) is 0. The second-order valence-electron chi connectivity index (χ2n) is 14.0. The van der Waals surface area contributed by atoms with Crippen LogP contribution in [-0.2, 0) is 0 Å². The van der Waals surface area contributed by atoms with Crippen LogP contribution in [0.3, 0.4) is 0 Å². The van der Waals surface area contributed by atoms with Crippen molar-refractivity contribution in [1.29, 1.82) is 0 Å². The minimum Gasteiger partial charge on any atom is -0.309 e. The minimum absolute atomic E-state index is 0.000559. The number of para-hydroxylation sites is 2. The van der Waals surface area contributed by atoms with Crippen molar-refractivity contribution >= 4 is 43.6 Å². The van der Waals surface area contributed by atoms with Gasteiger partial charge in [0.2, 0.25) is 0 Å². The molecule has 0 amide bonds. The van der Waals surface area contributed by atoms with Crippen molar-refractivity contribution in [3.63, 3.8) is 0 Å². The van der Waals surface area contributed by atoms with Gasteiger partial charge in [-0.25, -0.2) is 0 Å². The number of benzene rings is 9. The smallest absolute Gasteiger partial charge is 0.0645 e. The molecule has 11 rings (SSSR count). The molecule has 11 aromatic rings. The van der Waals surface area contributed by atoms with Crippen LogP contribution >= 0.6 is 0 Å². The van der Waals surface area contributed by atoms with Gasteiger partial charge in [0.25, 0.3) is 0 Å². The molecule has 0 saturated carbocycles. The Kier molecular flexibility index (Phi) is 6.20. The number of hydrogen-bond donors (Lipinski definition) is 0. The standard InChI is InChI=1S/C54H36N2/c1-4-14-37(15-5-1)39-26-30-45(31-27-39)55-50-24-11-10-22-47(50)48-35-41(28-32-51(48)55)42-29-33-52-49(36-42)54-46(23-13-25-53(54)56(52)44-20-8-3-9-21-44)43-19-12-18-40(34-43)38-16-6-2-7-17-38/h1-36H/i28D,29D,32D,33D,35D,36D. The maximum absolute atomic E-state index is 10.1. The molecule has 0 spiro atoms. The third-order valence-electron chi connectivity index (χ3n) is 10.8. The van der Waals surface area contributed by atoms with Crippen molar-refractivity contribution < 1.29 is 8.22 Å². The van der Waals surface area contributed by atoms with E-state index in [0.29, 0.717) is 21.8 Å². The number of nitrogens with zero attached hydrogens (tertiary/aromatic N) is 2. The monoisotopic (exact) mass is 718 g/mol. The molecule has 262 valence electrons. The molecule has 56 heavy (non-hydrogen) atoms. The lowest BCUT2D eigenvalue weighted by Crippen LogP contribution is -1.94.